The lowest BCUT2D eigenvalue weighted by Gasteiger charge is -2.07. The fourth-order valence-corrected chi connectivity index (χ4v) is 4.33. The summed E-state index contributed by atoms with van der Waals surface area (Å²) in [7, 11) is 0. The molecular formula is C32H50Cl6N6O3. The molecule has 0 spiro atoms. The maximum atomic E-state index is 5.82. The monoisotopic (exact) mass is 776 g/mol. The molecule has 9 nitrogen and oxygen atoms in total. The Morgan fingerprint density at radius 3 is 1.26 bits per heavy atom. The summed E-state index contributed by atoms with van der Waals surface area (Å²) in [5.74, 6) is 1.73. The first-order chi connectivity index (χ1) is 20.7. The largest absolute Gasteiger partial charge is 0.492 e. The minimum absolute atomic E-state index is 0. The van der Waals surface area contributed by atoms with E-state index in [2.05, 4.69) is 29.7 Å². The fraction of sp³-hybridized carbons (Fsp3) is 0.438. The molecule has 0 unspecified atom stereocenters. The third kappa shape index (κ3) is 24.8. The Kier molecular flexibility index (Phi) is 34.3. The van der Waals surface area contributed by atoms with E-state index in [0.717, 1.165) is 60.8 Å². The number of unbranched alkanes of at least 4 members (excludes halogenated alkanes) is 4. The molecule has 4 N–H and O–H groups in total. The van der Waals surface area contributed by atoms with Crippen molar-refractivity contribution in [1.82, 2.24) is 29.7 Å². The van der Waals surface area contributed by atoms with Crippen LogP contribution in [0.1, 0.15) is 38.5 Å². The van der Waals surface area contributed by atoms with E-state index in [1.807, 2.05) is 86.0 Å². The van der Waals surface area contributed by atoms with Crippen molar-refractivity contribution in [3.63, 3.8) is 0 Å². The summed E-state index contributed by atoms with van der Waals surface area (Å²) >= 11 is 11.6. The molecule has 0 aliphatic carbocycles. The molecule has 0 saturated heterocycles. The van der Waals surface area contributed by atoms with E-state index in [-0.39, 0.29) is 55.1 Å². The highest BCUT2D eigenvalue weighted by Gasteiger charge is 1.96. The zero-order valence-electron chi connectivity index (χ0n) is 26.5. The number of nitrogens with zero attached hydrogens (tertiary/aromatic N) is 4. The number of benzene rings is 2. The third-order valence-electron chi connectivity index (χ3n) is 6.38. The molecule has 0 radical (unpaired) electrons. The molecule has 47 heavy (non-hydrogen) atoms. The average molecular weight is 780 g/mol. The van der Waals surface area contributed by atoms with E-state index in [9.17, 15) is 0 Å². The second kappa shape index (κ2) is 32.6. The van der Waals surface area contributed by atoms with E-state index in [4.69, 9.17) is 32.7 Å². The van der Waals surface area contributed by atoms with E-state index in [1.165, 1.54) is 38.5 Å². The van der Waals surface area contributed by atoms with Gasteiger partial charge >= 0.3 is 0 Å². The van der Waals surface area contributed by atoms with Gasteiger partial charge in [-0.3, -0.25) is 0 Å². The number of halogens is 6. The lowest BCUT2D eigenvalue weighted by molar-refractivity contribution is 0.313. The normalized spacial score (nSPS) is 9.57. The summed E-state index contributed by atoms with van der Waals surface area (Å²) in [6, 6.07) is 14.9. The summed E-state index contributed by atoms with van der Waals surface area (Å²) in [5.41, 5.74) is 0. The molecule has 0 aliphatic rings. The Morgan fingerprint density at radius 1 is 0.532 bits per heavy atom. The molecular weight excluding hydrogens is 729 g/mol. The SMILES string of the molecule is Cl.Cl.Cl.Cl.Clc1ccc(OCCNCCCCCn2ccnc2)cc1.Clc1ccc(OCCNCCCCCn2ccnc2)cc1.O. The topological polar surface area (TPSA) is 110 Å². The zero-order chi connectivity index (χ0) is 29.5. The van der Waals surface area contributed by atoms with Crippen LogP contribution in [0.4, 0.5) is 0 Å². The van der Waals surface area contributed by atoms with Crippen molar-refractivity contribution in [2.75, 3.05) is 39.4 Å². The zero-order valence-corrected chi connectivity index (χ0v) is 31.3. The molecule has 0 atom stereocenters. The van der Waals surface area contributed by atoms with Crippen molar-refractivity contribution in [1.29, 1.82) is 0 Å². The number of aromatic nitrogens is 4. The van der Waals surface area contributed by atoms with Crippen LogP contribution in [0, 0.1) is 0 Å². The lowest BCUT2D eigenvalue weighted by Crippen LogP contribution is -2.22. The Hall–Kier alpha value is -1.92. The predicted octanol–water partition coefficient (Wildman–Crippen LogP) is 7.61. The fourth-order valence-electron chi connectivity index (χ4n) is 4.07. The first kappa shape index (κ1) is 49.5. The average Bonchev–Trinajstić information content (AvgIpc) is 3.73. The van der Waals surface area contributed by atoms with Crippen LogP contribution in [-0.4, -0.2) is 64.0 Å². The van der Waals surface area contributed by atoms with Gasteiger partial charge in [-0.1, -0.05) is 36.0 Å². The summed E-state index contributed by atoms with van der Waals surface area (Å²) in [6.07, 6.45) is 18.6. The summed E-state index contributed by atoms with van der Waals surface area (Å²) in [6.45, 7) is 7.27. The molecule has 2 heterocycles. The number of hydrogen-bond donors (Lipinski definition) is 2. The van der Waals surface area contributed by atoms with Gasteiger partial charge in [0.25, 0.3) is 0 Å². The summed E-state index contributed by atoms with van der Waals surface area (Å²) < 4.78 is 15.4. The van der Waals surface area contributed by atoms with Crippen LogP contribution in [0.15, 0.2) is 86.0 Å². The second-order valence-electron chi connectivity index (χ2n) is 9.83. The number of rotatable bonds is 20. The Morgan fingerprint density at radius 2 is 0.915 bits per heavy atom. The van der Waals surface area contributed by atoms with E-state index < -0.39 is 0 Å². The first-order valence-corrected chi connectivity index (χ1v) is 15.5. The Bertz CT molecular complexity index is 1080. The smallest absolute Gasteiger partial charge is 0.119 e. The van der Waals surface area contributed by atoms with E-state index in [0.29, 0.717) is 13.2 Å². The molecule has 0 aliphatic heterocycles. The van der Waals surface area contributed by atoms with Crippen LogP contribution in [-0.2, 0) is 13.1 Å². The van der Waals surface area contributed by atoms with Crippen molar-refractivity contribution in [2.45, 2.75) is 51.6 Å². The quantitative estimate of drug-likeness (QED) is 0.0895. The number of ether oxygens (including phenoxy) is 2. The van der Waals surface area contributed by atoms with Crippen molar-refractivity contribution in [2.24, 2.45) is 0 Å². The summed E-state index contributed by atoms with van der Waals surface area (Å²) in [4.78, 5) is 8.06. The highest BCUT2D eigenvalue weighted by molar-refractivity contribution is 6.30. The van der Waals surface area contributed by atoms with Crippen LogP contribution in [0.3, 0.4) is 0 Å². The van der Waals surface area contributed by atoms with Crippen LogP contribution in [0.2, 0.25) is 10.0 Å². The predicted molar refractivity (Wildman–Crippen MR) is 204 cm³/mol. The van der Waals surface area contributed by atoms with Gasteiger partial charge in [0.15, 0.2) is 0 Å². The standard InChI is InChI=1S/2C16H22ClN3O.4ClH.H2O/c2*17-15-4-6-16(7-5-15)21-13-10-18-8-2-1-3-11-20-12-9-19-14-20;;;;;/h2*4-7,9,12,14,18H,1-3,8,10-11,13H2;4*1H;1H2. The molecule has 15 heteroatoms. The highest BCUT2D eigenvalue weighted by Crippen LogP contribution is 2.16. The van der Waals surface area contributed by atoms with Gasteiger partial charge < -0.3 is 34.7 Å². The van der Waals surface area contributed by atoms with Crippen LogP contribution in [0.5, 0.6) is 11.5 Å². The number of nitrogens with one attached hydrogen (secondary N) is 2. The Balaban J connectivity index is -0.000000745. The molecule has 2 aromatic carbocycles. The molecule has 4 aromatic rings. The molecule has 4 rings (SSSR count). The third-order valence-corrected chi connectivity index (χ3v) is 6.88. The van der Waals surface area contributed by atoms with Gasteiger partial charge in [0.1, 0.15) is 24.7 Å². The Labute approximate surface area is 314 Å². The van der Waals surface area contributed by atoms with Crippen molar-refractivity contribution >= 4 is 72.8 Å². The maximum absolute atomic E-state index is 5.82. The molecule has 0 amide bonds. The minimum atomic E-state index is 0. The maximum Gasteiger partial charge on any atom is 0.119 e. The van der Waals surface area contributed by atoms with Crippen LogP contribution < -0.4 is 20.1 Å². The van der Waals surface area contributed by atoms with Crippen molar-refractivity contribution < 1.29 is 14.9 Å². The number of imidazole rings is 2. The highest BCUT2D eigenvalue weighted by atomic mass is 35.5. The lowest BCUT2D eigenvalue weighted by atomic mass is 10.2. The molecule has 0 bridgehead atoms. The molecule has 0 fully saturated rings. The molecule has 0 saturated carbocycles. The number of hydrogen-bond acceptors (Lipinski definition) is 6. The van der Waals surface area contributed by atoms with Gasteiger partial charge in [-0.25, -0.2) is 9.97 Å². The van der Waals surface area contributed by atoms with Gasteiger partial charge in [0.05, 0.1) is 12.7 Å². The minimum Gasteiger partial charge on any atom is -0.492 e. The van der Waals surface area contributed by atoms with E-state index >= 15 is 0 Å². The van der Waals surface area contributed by atoms with E-state index in [1.54, 1.807) is 0 Å². The van der Waals surface area contributed by atoms with Crippen molar-refractivity contribution in [3.05, 3.63) is 96.0 Å². The van der Waals surface area contributed by atoms with Crippen molar-refractivity contribution in [3.8, 4) is 11.5 Å². The van der Waals surface area contributed by atoms with Gasteiger partial charge in [0.2, 0.25) is 0 Å². The van der Waals surface area contributed by atoms with Crippen LogP contribution in [0.25, 0.3) is 0 Å². The summed E-state index contributed by atoms with van der Waals surface area (Å²) in [5, 5.41) is 8.25. The first-order valence-electron chi connectivity index (χ1n) is 14.8. The van der Waals surface area contributed by atoms with Gasteiger partial charge in [-0.05, 0) is 87.3 Å². The number of aryl methyl sites for hydroxylation is 2. The van der Waals surface area contributed by atoms with Gasteiger partial charge in [-0.2, -0.15) is 0 Å². The molecule has 2 aromatic heterocycles. The molecule has 268 valence electrons. The van der Waals surface area contributed by atoms with Crippen LogP contribution >= 0.6 is 72.8 Å². The van der Waals surface area contributed by atoms with Gasteiger partial charge in [-0.15, -0.1) is 49.6 Å². The second-order valence-corrected chi connectivity index (χ2v) is 10.7. The van der Waals surface area contributed by atoms with Gasteiger partial charge in [0, 0.05) is 61.0 Å².